The quantitative estimate of drug-likeness (QED) is 0.681. The Balaban J connectivity index is 2.21. The second kappa shape index (κ2) is 9.23. The van der Waals surface area contributed by atoms with E-state index in [2.05, 4.69) is 16.0 Å². The van der Waals surface area contributed by atoms with Gasteiger partial charge in [0.2, 0.25) is 5.91 Å². The number of hydrogen-bond acceptors (Lipinski definition) is 5. The van der Waals surface area contributed by atoms with Gasteiger partial charge in [-0.25, -0.2) is 0 Å². The second-order valence-electron chi connectivity index (χ2n) is 7.22. The summed E-state index contributed by atoms with van der Waals surface area (Å²) in [7, 11) is 2.99. The van der Waals surface area contributed by atoms with E-state index < -0.39 is 0 Å². The van der Waals surface area contributed by atoms with Crippen molar-refractivity contribution in [2.75, 3.05) is 31.4 Å². The summed E-state index contributed by atoms with van der Waals surface area (Å²) in [5.41, 5.74) is 1.25. The van der Waals surface area contributed by atoms with Gasteiger partial charge in [0.05, 0.1) is 32.1 Å². The van der Waals surface area contributed by atoms with Crippen molar-refractivity contribution in [3.8, 4) is 11.5 Å². The van der Waals surface area contributed by atoms with Crippen LogP contribution in [0.25, 0.3) is 0 Å². The van der Waals surface area contributed by atoms with Crippen LogP contribution in [-0.4, -0.2) is 38.1 Å². The molecule has 0 radical (unpaired) electrons. The lowest BCUT2D eigenvalue weighted by Crippen LogP contribution is -2.41. The molecule has 0 bridgehead atoms. The first-order chi connectivity index (χ1) is 13.2. The molecule has 0 aliphatic rings. The summed E-state index contributed by atoms with van der Waals surface area (Å²) >= 11 is 0. The van der Waals surface area contributed by atoms with Crippen LogP contribution < -0.4 is 25.4 Å². The summed E-state index contributed by atoms with van der Waals surface area (Å²) < 4.78 is 10.8. The average molecular weight is 385 g/mol. The first kappa shape index (κ1) is 21.2. The number of ether oxygens (including phenoxy) is 2. The van der Waals surface area contributed by atoms with Crippen LogP contribution in [0.15, 0.2) is 42.5 Å². The third-order valence-corrected chi connectivity index (χ3v) is 3.86. The molecule has 0 aliphatic carbocycles. The number of rotatable bonds is 7. The molecule has 0 spiro atoms. The predicted octanol–water partition coefficient (Wildman–Crippen LogP) is 3.28. The van der Waals surface area contributed by atoms with Crippen molar-refractivity contribution in [1.29, 1.82) is 0 Å². The van der Waals surface area contributed by atoms with Gasteiger partial charge >= 0.3 is 0 Å². The van der Waals surface area contributed by atoms with E-state index in [4.69, 9.17) is 9.47 Å². The Kier molecular flexibility index (Phi) is 7.00. The molecule has 0 atom stereocenters. The maximum Gasteiger partial charge on any atom is 0.255 e. The van der Waals surface area contributed by atoms with Crippen LogP contribution in [0.2, 0.25) is 0 Å². The average Bonchev–Trinajstić information content (AvgIpc) is 2.67. The number of methoxy groups -OCH3 is 2. The molecule has 7 nitrogen and oxygen atoms in total. The molecule has 150 valence electrons. The van der Waals surface area contributed by atoms with Gasteiger partial charge < -0.3 is 25.4 Å². The van der Waals surface area contributed by atoms with Crippen LogP contribution in [0.4, 0.5) is 11.4 Å². The Labute approximate surface area is 165 Å². The molecule has 0 saturated carbocycles. The second-order valence-corrected chi connectivity index (χ2v) is 7.22. The molecule has 0 fully saturated rings. The standard InChI is InChI=1S/C21H27N3O4/c1-21(2,3)22-13-19(25)23-15-11-18(28-5)16(12-17(15)27-4)24-20(26)14-9-7-6-8-10-14/h6-12,22H,13H2,1-5H3,(H,23,25)(H,24,26). The van der Waals surface area contributed by atoms with Crippen LogP contribution in [0.1, 0.15) is 31.1 Å². The van der Waals surface area contributed by atoms with Crippen LogP contribution in [0.5, 0.6) is 11.5 Å². The highest BCUT2D eigenvalue weighted by atomic mass is 16.5. The molecule has 7 heteroatoms. The van der Waals surface area contributed by atoms with Crippen molar-refractivity contribution in [3.05, 3.63) is 48.0 Å². The zero-order valence-corrected chi connectivity index (χ0v) is 16.9. The number of benzene rings is 2. The van der Waals surface area contributed by atoms with Crippen LogP contribution >= 0.6 is 0 Å². The summed E-state index contributed by atoms with van der Waals surface area (Å²) in [5, 5.41) is 8.73. The number of nitrogens with one attached hydrogen (secondary N) is 3. The monoisotopic (exact) mass is 385 g/mol. The fourth-order valence-corrected chi connectivity index (χ4v) is 2.42. The Hall–Kier alpha value is -3.06. The van der Waals surface area contributed by atoms with Gasteiger partial charge in [-0.1, -0.05) is 18.2 Å². The van der Waals surface area contributed by atoms with Gasteiger partial charge in [-0.3, -0.25) is 9.59 Å². The van der Waals surface area contributed by atoms with Crippen LogP contribution in [0, 0.1) is 0 Å². The molecule has 2 rings (SSSR count). The fraction of sp³-hybridized carbons (Fsp3) is 0.333. The number of hydrogen-bond donors (Lipinski definition) is 3. The predicted molar refractivity (Wildman–Crippen MR) is 110 cm³/mol. The van der Waals surface area contributed by atoms with E-state index in [9.17, 15) is 9.59 Å². The fourth-order valence-electron chi connectivity index (χ4n) is 2.42. The molecule has 0 saturated heterocycles. The van der Waals surface area contributed by atoms with Crippen molar-refractivity contribution in [3.63, 3.8) is 0 Å². The van der Waals surface area contributed by atoms with Gasteiger partial charge in [-0.2, -0.15) is 0 Å². The molecule has 2 aromatic rings. The molecule has 2 amide bonds. The lowest BCUT2D eigenvalue weighted by atomic mass is 10.1. The number of amides is 2. The van der Waals surface area contributed by atoms with E-state index in [1.165, 1.54) is 14.2 Å². The maximum atomic E-state index is 12.4. The summed E-state index contributed by atoms with van der Waals surface area (Å²) in [4.78, 5) is 24.7. The van der Waals surface area contributed by atoms with Gasteiger partial charge in [-0.05, 0) is 32.9 Å². The third-order valence-electron chi connectivity index (χ3n) is 3.86. The van der Waals surface area contributed by atoms with E-state index in [0.717, 1.165) is 0 Å². The number of carbonyl (C=O) groups excluding carboxylic acids is 2. The highest BCUT2D eigenvalue weighted by molar-refractivity contribution is 6.05. The number of anilines is 2. The highest BCUT2D eigenvalue weighted by Gasteiger charge is 2.17. The van der Waals surface area contributed by atoms with E-state index in [1.807, 2.05) is 26.8 Å². The molecular formula is C21H27N3O4. The molecular weight excluding hydrogens is 358 g/mol. The Morgan fingerprint density at radius 3 is 1.93 bits per heavy atom. The molecule has 0 aromatic heterocycles. The first-order valence-electron chi connectivity index (χ1n) is 8.91. The van der Waals surface area contributed by atoms with Gasteiger partial charge in [0.25, 0.3) is 5.91 Å². The number of carbonyl (C=O) groups is 2. The van der Waals surface area contributed by atoms with Gasteiger partial charge in [0.15, 0.2) is 0 Å². The Morgan fingerprint density at radius 2 is 1.43 bits per heavy atom. The zero-order chi connectivity index (χ0) is 20.7. The summed E-state index contributed by atoms with van der Waals surface area (Å²) in [6.07, 6.45) is 0. The topological polar surface area (TPSA) is 88.7 Å². The van der Waals surface area contributed by atoms with Crippen molar-refractivity contribution in [1.82, 2.24) is 5.32 Å². The molecule has 0 unspecified atom stereocenters. The molecule has 0 heterocycles. The molecule has 2 aromatic carbocycles. The Morgan fingerprint density at radius 1 is 0.893 bits per heavy atom. The Bertz CT molecular complexity index is 830. The van der Waals surface area contributed by atoms with Gasteiger partial charge in [0.1, 0.15) is 11.5 Å². The van der Waals surface area contributed by atoms with E-state index in [-0.39, 0.29) is 23.9 Å². The highest BCUT2D eigenvalue weighted by Crippen LogP contribution is 2.36. The van der Waals surface area contributed by atoms with Crippen molar-refractivity contribution >= 4 is 23.2 Å². The molecule has 3 N–H and O–H groups in total. The summed E-state index contributed by atoms with van der Waals surface area (Å²) in [6.45, 7) is 6.10. The van der Waals surface area contributed by atoms with Crippen molar-refractivity contribution in [2.45, 2.75) is 26.3 Å². The SMILES string of the molecule is COc1cc(NC(=O)c2ccccc2)c(OC)cc1NC(=O)CNC(C)(C)C. The minimum Gasteiger partial charge on any atom is -0.494 e. The normalized spacial score (nSPS) is 10.9. The van der Waals surface area contributed by atoms with E-state index >= 15 is 0 Å². The maximum absolute atomic E-state index is 12.4. The lowest BCUT2D eigenvalue weighted by molar-refractivity contribution is -0.115. The lowest BCUT2D eigenvalue weighted by Gasteiger charge is -2.21. The molecule has 0 aliphatic heterocycles. The van der Waals surface area contributed by atoms with Crippen LogP contribution in [-0.2, 0) is 4.79 Å². The van der Waals surface area contributed by atoms with Gasteiger partial charge in [0, 0.05) is 23.2 Å². The summed E-state index contributed by atoms with van der Waals surface area (Å²) in [6, 6.07) is 12.1. The van der Waals surface area contributed by atoms with Crippen LogP contribution in [0.3, 0.4) is 0 Å². The first-order valence-corrected chi connectivity index (χ1v) is 8.91. The van der Waals surface area contributed by atoms with Gasteiger partial charge in [-0.15, -0.1) is 0 Å². The van der Waals surface area contributed by atoms with Crippen molar-refractivity contribution in [2.24, 2.45) is 0 Å². The largest absolute Gasteiger partial charge is 0.494 e. The minimum absolute atomic E-state index is 0.154. The minimum atomic E-state index is -0.271. The zero-order valence-electron chi connectivity index (χ0n) is 16.9. The van der Waals surface area contributed by atoms with E-state index in [0.29, 0.717) is 28.4 Å². The third kappa shape index (κ3) is 5.99. The summed E-state index contributed by atoms with van der Waals surface area (Å²) in [5.74, 6) is 0.334. The van der Waals surface area contributed by atoms with E-state index in [1.54, 1.807) is 36.4 Å². The molecule has 28 heavy (non-hydrogen) atoms. The van der Waals surface area contributed by atoms with Crippen molar-refractivity contribution < 1.29 is 19.1 Å². The smallest absolute Gasteiger partial charge is 0.255 e.